The summed E-state index contributed by atoms with van der Waals surface area (Å²) in [6.07, 6.45) is 1.42. The Morgan fingerprint density at radius 2 is 1.68 bits per heavy atom. The van der Waals surface area contributed by atoms with E-state index in [1.165, 1.54) is 16.4 Å². The molecule has 28 heavy (non-hydrogen) atoms. The van der Waals surface area contributed by atoms with Crippen LogP contribution in [0.15, 0.2) is 52.2 Å². The van der Waals surface area contributed by atoms with Gasteiger partial charge in [-0.25, -0.2) is 18.2 Å². The molecule has 0 radical (unpaired) electrons. The number of H-pyrrole nitrogens is 3. The molecular formula is C19H19N5O3S. The minimum Gasteiger partial charge on any atom is -0.342 e. The van der Waals surface area contributed by atoms with E-state index in [4.69, 9.17) is 0 Å². The molecule has 9 heteroatoms. The first-order chi connectivity index (χ1) is 13.5. The summed E-state index contributed by atoms with van der Waals surface area (Å²) >= 11 is 0. The van der Waals surface area contributed by atoms with E-state index in [9.17, 15) is 13.2 Å². The van der Waals surface area contributed by atoms with E-state index in [0.717, 1.165) is 16.9 Å². The minimum atomic E-state index is -3.61. The third-order valence-corrected chi connectivity index (χ3v) is 7.27. The Balaban J connectivity index is 1.36. The number of rotatable bonds is 3. The summed E-state index contributed by atoms with van der Waals surface area (Å²) in [5, 5.41) is 0. The SMILES string of the molecule is O=c1[nH]c2ccc(S(=O)(=O)N3CCC(c4nc5ccccc5[nH]4)CC3)cc2[nH]1. The van der Waals surface area contributed by atoms with Crippen LogP contribution < -0.4 is 5.69 Å². The van der Waals surface area contributed by atoms with Crippen LogP contribution in [0.1, 0.15) is 24.6 Å². The van der Waals surface area contributed by atoms with Gasteiger partial charge in [0.15, 0.2) is 0 Å². The number of nitrogens with one attached hydrogen (secondary N) is 3. The van der Waals surface area contributed by atoms with Crippen LogP contribution in [0.2, 0.25) is 0 Å². The van der Waals surface area contributed by atoms with Gasteiger partial charge in [-0.3, -0.25) is 0 Å². The van der Waals surface area contributed by atoms with Crippen molar-refractivity contribution < 1.29 is 8.42 Å². The zero-order valence-electron chi connectivity index (χ0n) is 15.0. The van der Waals surface area contributed by atoms with Gasteiger partial charge in [0.2, 0.25) is 10.0 Å². The number of para-hydroxylation sites is 2. The lowest BCUT2D eigenvalue weighted by Gasteiger charge is -2.30. The molecule has 0 saturated carbocycles. The van der Waals surface area contributed by atoms with Gasteiger partial charge in [-0.05, 0) is 43.2 Å². The molecule has 0 atom stereocenters. The highest BCUT2D eigenvalue weighted by Crippen LogP contribution is 2.30. The molecule has 1 aliphatic heterocycles. The molecule has 8 nitrogen and oxygen atoms in total. The molecule has 144 valence electrons. The molecular weight excluding hydrogens is 378 g/mol. The normalized spacial score (nSPS) is 16.9. The van der Waals surface area contributed by atoms with Gasteiger partial charge in [0.25, 0.3) is 0 Å². The van der Waals surface area contributed by atoms with Crippen molar-refractivity contribution >= 4 is 32.1 Å². The Bertz CT molecular complexity index is 1290. The van der Waals surface area contributed by atoms with Crippen LogP contribution in [0.5, 0.6) is 0 Å². The fourth-order valence-electron chi connectivity index (χ4n) is 3.86. The Labute approximate surface area is 160 Å². The predicted octanol–water partition coefficient (Wildman–Crippen LogP) is 2.30. The van der Waals surface area contributed by atoms with Gasteiger partial charge in [-0.2, -0.15) is 4.31 Å². The van der Waals surface area contributed by atoms with Crippen molar-refractivity contribution in [3.63, 3.8) is 0 Å². The Morgan fingerprint density at radius 3 is 2.46 bits per heavy atom. The number of aromatic nitrogens is 4. The monoisotopic (exact) mass is 397 g/mol. The minimum absolute atomic E-state index is 0.192. The second-order valence-electron chi connectivity index (χ2n) is 7.10. The topological polar surface area (TPSA) is 115 Å². The lowest BCUT2D eigenvalue weighted by atomic mass is 9.97. The van der Waals surface area contributed by atoms with E-state index in [2.05, 4.69) is 19.9 Å². The highest BCUT2D eigenvalue weighted by Gasteiger charge is 2.31. The summed E-state index contributed by atoms with van der Waals surface area (Å²) in [5.41, 5.74) is 2.66. The molecule has 2 aromatic carbocycles. The first-order valence-electron chi connectivity index (χ1n) is 9.17. The van der Waals surface area contributed by atoms with Crippen LogP contribution in [0, 0.1) is 0 Å². The van der Waals surface area contributed by atoms with E-state index < -0.39 is 10.0 Å². The number of hydrogen-bond acceptors (Lipinski definition) is 4. The summed E-state index contributed by atoms with van der Waals surface area (Å²) < 4.78 is 27.6. The van der Waals surface area contributed by atoms with Crippen molar-refractivity contribution in [3.05, 3.63) is 58.8 Å². The lowest BCUT2D eigenvalue weighted by molar-refractivity contribution is 0.314. The molecule has 2 aromatic heterocycles. The molecule has 1 fully saturated rings. The van der Waals surface area contributed by atoms with Crippen LogP contribution in [-0.4, -0.2) is 45.7 Å². The quantitative estimate of drug-likeness (QED) is 0.492. The number of benzene rings is 2. The molecule has 0 spiro atoms. The van der Waals surface area contributed by atoms with Gasteiger partial charge in [-0.15, -0.1) is 0 Å². The van der Waals surface area contributed by atoms with Gasteiger partial charge in [-0.1, -0.05) is 12.1 Å². The summed E-state index contributed by atoms with van der Waals surface area (Å²) in [5.74, 6) is 1.13. The zero-order valence-corrected chi connectivity index (χ0v) is 15.8. The molecule has 5 rings (SSSR count). The van der Waals surface area contributed by atoms with Crippen molar-refractivity contribution in [3.8, 4) is 0 Å². The average molecular weight is 397 g/mol. The first kappa shape index (κ1) is 17.2. The average Bonchev–Trinajstić information content (AvgIpc) is 3.29. The first-order valence-corrected chi connectivity index (χ1v) is 10.6. The number of aromatic amines is 3. The van der Waals surface area contributed by atoms with Crippen LogP contribution in [0.4, 0.5) is 0 Å². The van der Waals surface area contributed by atoms with Crippen LogP contribution in [0.25, 0.3) is 22.1 Å². The summed E-state index contributed by atoms with van der Waals surface area (Å²) in [7, 11) is -3.61. The highest BCUT2D eigenvalue weighted by atomic mass is 32.2. The molecule has 3 heterocycles. The summed E-state index contributed by atoms with van der Waals surface area (Å²) in [4.78, 5) is 24.8. The number of hydrogen-bond donors (Lipinski definition) is 3. The Kier molecular flexibility index (Phi) is 3.88. The molecule has 1 aliphatic rings. The highest BCUT2D eigenvalue weighted by molar-refractivity contribution is 7.89. The molecule has 0 amide bonds. The number of piperidine rings is 1. The second-order valence-corrected chi connectivity index (χ2v) is 9.04. The van der Waals surface area contributed by atoms with Gasteiger partial charge >= 0.3 is 5.69 Å². The van der Waals surface area contributed by atoms with E-state index in [0.29, 0.717) is 37.0 Å². The van der Waals surface area contributed by atoms with Crippen LogP contribution in [-0.2, 0) is 10.0 Å². The van der Waals surface area contributed by atoms with Gasteiger partial charge in [0, 0.05) is 19.0 Å². The predicted molar refractivity (Wildman–Crippen MR) is 106 cm³/mol. The number of imidazole rings is 2. The maximum absolute atomic E-state index is 13.0. The lowest BCUT2D eigenvalue weighted by Crippen LogP contribution is -2.38. The van der Waals surface area contributed by atoms with Gasteiger partial charge in [0.1, 0.15) is 5.82 Å². The molecule has 0 bridgehead atoms. The smallest absolute Gasteiger partial charge is 0.323 e. The van der Waals surface area contributed by atoms with Crippen molar-refractivity contribution in [1.29, 1.82) is 0 Å². The standard InChI is InChI=1S/C19H19N5O3S/c25-19-22-16-6-5-13(11-17(16)23-19)28(26,27)24-9-7-12(8-10-24)18-20-14-3-1-2-4-15(14)21-18/h1-6,11-12H,7-10H2,(H,20,21)(H2,22,23,25). The van der Waals surface area contributed by atoms with E-state index >= 15 is 0 Å². The van der Waals surface area contributed by atoms with E-state index in [-0.39, 0.29) is 16.5 Å². The molecule has 3 N–H and O–H groups in total. The molecule has 1 saturated heterocycles. The van der Waals surface area contributed by atoms with Crippen molar-refractivity contribution in [1.82, 2.24) is 24.2 Å². The summed E-state index contributed by atoms with van der Waals surface area (Å²) in [6.45, 7) is 0.872. The Hall–Kier alpha value is -2.91. The summed E-state index contributed by atoms with van der Waals surface area (Å²) in [6, 6.07) is 12.5. The van der Waals surface area contributed by atoms with Gasteiger partial charge < -0.3 is 15.0 Å². The number of fused-ring (bicyclic) bond motifs is 2. The zero-order chi connectivity index (χ0) is 19.3. The largest absolute Gasteiger partial charge is 0.342 e. The second kappa shape index (κ2) is 6.32. The van der Waals surface area contributed by atoms with E-state index in [1.807, 2.05) is 24.3 Å². The molecule has 0 aliphatic carbocycles. The van der Waals surface area contributed by atoms with Crippen molar-refractivity contribution in [2.24, 2.45) is 0 Å². The Morgan fingerprint density at radius 1 is 0.929 bits per heavy atom. The third kappa shape index (κ3) is 2.83. The third-order valence-electron chi connectivity index (χ3n) is 5.37. The van der Waals surface area contributed by atoms with Gasteiger partial charge in [0.05, 0.1) is 27.0 Å². The number of sulfonamides is 1. The fraction of sp³-hybridized carbons (Fsp3) is 0.263. The van der Waals surface area contributed by atoms with Crippen molar-refractivity contribution in [2.45, 2.75) is 23.7 Å². The maximum atomic E-state index is 13.0. The van der Waals surface area contributed by atoms with Crippen LogP contribution in [0.3, 0.4) is 0 Å². The van der Waals surface area contributed by atoms with Crippen molar-refractivity contribution in [2.75, 3.05) is 13.1 Å². The fourth-order valence-corrected chi connectivity index (χ4v) is 5.35. The van der Waals surface area contributed by atoms with Crippen LogP contribution >= 0.6 is 0 Å². The maximum Gasteiger partial charge on any atom is 0.323 e. The number of nitrogens with zero attached hydrogens (tertiary/aromatic N) is 2. The molecule has 4 aromatic rings. The molecule has 0 unspecified atom stereocenters. The van der Waals surface area contributed by atoms with E-state index in [1.54, 1.807) is 6.07 Å².